The van der Waals surface area contributed by atoms with E-state index >= 15 is 0 Å². The van der Waals surface area contributed by atoms with E-state index in [1.807, 2.05) is 18.9 Å². The second-order valence-corrected chi connectivity index (χ2v) is 5.94. The summed E-state index contributed by atoms with van der Waals surface area (Å²) in [5.74, 6) is 0.255. The van der Waals surface area contributed by atoms with Crippen LogP contribution in [-0.4, -0.2) is 40.6 Å². The van der Waals surface area contributed by atoms with Crippen LogP contribution in [0.4, 0.5) is 10.1 Å². The summed E-state index contributed by atoms with van der Waals surface area (Å²) < 4.78 is 18.1. The number of rotatable bonds is 4. The summed E-state index contributed by atoms with van der Waals surface area (Å²) in [7, 11) is 1.83. The highest BCUT2D eigenvalue weighted by atomic mass is 19.1. The lowest BCUT2D eigenvalue weighted by Crippen LogP contribution is -2.46. The third kappa shape index (κ3) is 3.39. The van der Waals surface area contributed by atoms with Gasteiger partial charge in [0, 0.05) is 11.7 Å². The van der Waals surface area contributed by atoms with E-state index in [1.54, 1.807) is 11.0 Å². The number of carbonyl (C=O) groups excluding carboxylic acids is 1. The van der Waals surface area contributed by atoms with Gasteiger partial charge in [0.2, 0.25) is 12.3 Å². The van der Waals surface area contributed by atoms with E-state index in [0.717, 1.165) is 24.1 Å². The van der Waals surface area contributed by atoms with Crippen LogP contribution in [0.15, 0.2) is 29.1 Å². The molecular formula is C16H19FN4O2. The summed E-state index contributed by atoms with van der Waals surface area (Å²) in [6.07, 6.45) is 2.88. The van der Waals surface area contributed by atoms with Crippen LogP contribution in [0, 0.1) is 5.82 Å². The van der Waals surface area contributed by atoms with Crippen molar-refractivity contribution in [2.75, 3.05) is 18.5 Å². The molecule has 1 aromatic carbocycles. The lowest BCUT2D eigenvalue weighted by atomic mass is 9.96. The summed E-state index contributed by atoms with van der Waals surface area (Å²) in [6.45, 7) is 2.68. The van der Waals surface area contributed by atoms with Crippen molar-refractivity contribution in [3.63, 3.8) is 0 Å². The third-order valence-electron chi connectivity index (χ3n) is 4.07. The Bertz CT molecular complexity index is 689. The van der Waals surface area contributed by atoms with Crippen LogP contribution in [0.1, 0.15) is 24.7 Å². The predicted molar refractivity (Wildman–Crippen MR) is 82.3 cm³/mol. The molecule has 0 saturated carbocycles. The van der Waals surface area contributed by atoms with E-state index in [9.17, 15) is 9.18 Å². The summed E-state index contributed by atoms with van der Waals surface area (Å²) in [5.41, 5.74) is 1.69. The number of aryl methyl sites for hydroxylation is 1. The number of anilines is 1. The quantitative estimate of drug-likeness (QED) is 0.863. The van der Waals surface area contributed by atoms with Crippen molar-refractivity contribution in [1.82, 2.24) is 15.0 Å². The van der Waals surface area contributed by atoms with E-state index in [1.165, 1.54) is 18.5 Å². The summed E-state index contributed by atoms with van der Waals surface area (Å²) in [5, 5.41) is 3.74. The minimum atomic E-state index is -0.264. The normalized spacial score (nSPS) is 17.4. The molecule has 1 aliphatic heterocycles. The lowest BCUT2D eigenvalue weighted by Gasteiger charge is -2.36. The maximum Gasteiger partial charge on any atom is 0.241 e. The molecule has 1 aliphatic rings. The molecule has 1 aromatic heterocycles. The first kappa shape index (κ1) is 15.6. The number of fused-ring (bicyclic) bond motifs is 1. The highest BCUT2D eigenvalue weighted by Gasteiger charge is 2.29. The maximum absolute atomic E-state index is 13.4. The van der Waals surface area contributed by atoms with Crippen LogP contribution in [-0.2, 0) is 17.8 Å². The Morgan fingerprint density at radius 2 is 2.35 bits per heavy atom. The Kier molecular flexibility index (Phi) is 4.38. The van der Waals surface area contributed by atoms with Crippen molar-refractivity contribution in [2.45, 2.75) is 32.4 Å². The monoisotopic (exact) mass is 318 g/mol. The molecule has 7 heteroatoms. The van der Waals surface area contributed by atoms with E-state index in [-0.39, 0.29) is 24.3 Å². The van der Waals surface area contributed by atoms with Crippen molar-refractivity contribution in [1.29, 1.82) is 0 Å². The minimum absolute atomic E-state index is 0.0175. The number of halogens is 1. The number of aromatic nitrogens is 2. The van der Waals surface area contributed by atoms with E-state index < -0.39 is 0 Å². The number of hydrogen-bond donors (Lipinski definition) is 0. The number of amides is 1. The largest absolute Gasteiger partial charge is 0.343 e. The van der Waals surface area contributed by atoms with Gasteiger partial charge < -0.3 is 9.42 Å². The number of nitrogens with zero attached hydrogens (tertiary/aromatic N) is 4. The first-order valence-corrected chi connectivity index (χ1v) is 7.59. The zero-order valence-corrected chi connectivity index (χ0v) is 13.2. The third-order valence-corrected chi connectivity index (χ3v) is 4.07. The van der Waals surface area contributed by atoms with Gasteiger partial charge in [-0.1, -0.05) is 5.16 Å². The molecule has 0 bridgehead atoms. The first-order valence-electron chi connectivity index (χ1n) is 7.59. The average molecular weight is 318 g/mol. The van der Waals surface area contributed by atoms with Crippen molar-refractivity contribution >= 4 is 11.6 Å². The smallest absolute Gasteiger partial charge is 0.241 e. The fraction of sp³-hybridized carbons (Fsp3) is 0.438. The molecule has 2 heterocycles. The molecule has 0 unspecified atom stereocenters. The lowest BCUT2D eigenvalue weighted by molar-refractivity contribution is -0.120. The summed E-state index contributed by atoms with van der Waals surface area (Å²) >= 11 is 0. The fourth-order valence-electron chi connectivity index (χ4n) is 2.97. The molecule has 1 atom stereocenters. The van der Waals surface area contributed by atoms with Crippen molar-refractivity contribution in [2.24, 2.45) is 0 Å². The van der Waals surface area contributed by atoms with E-state index in [2.05, 4.69) is 10.1 Å². The second-order valence-electron chi connectivity index (χ2n) is 5.94. The Morgan fingerprint density at radius 3 is 3.09 bits per heavy atom. The number of carbonyl (C=O) groups is 1. The number of hydrogen-bond acceptors (Lipinski definition) is 5. The molecule has 6 nitrogen and oxygen atoms in total. The van der Waals surface area contributed by atoms with Crippen molar-refractivity contribution < 1.29 is 13.7 Å². The highest BCUT2D eigenvalue weighted by molar-refractivity contribution is 5.96. The molecule has 0 spiro atoms. The van der Waals surface area contributed by atoms with Crippen LogP contribution in [0.25, 0.3) is 0 Å². The molecular weight excluding hydrogens is 299 g/mol. The van der Waals surface area contributed by atoms with Crippen LogP contribution in [0.2, 0.25) is 0 Å². The topological polar surface area (TPSA) is 62.5 Å². The fourth-order valence-corrected chi connectivity index (χ4v) is 2.97. The first-order chi connectivity index (χ1) is 11.0. The van der Waals surface area contributed by atoms with Crippen LogP contribution < -0.4 is 4.90 Å². The van der Waals surface area contributed by atoms with Gasteiger partial charge in [0.05, 0.1) is 13.1 Å². The molecule has 0 aliphatic carbocycles. The molecule has 1 amide bonds. The molecule has 0 radical (unpaired) electrons. The zero-order chi connectivity index (χ0) is 16.4. The van der Waals surface area contributed by atoms with Crippen molar-refractivity contribution in [3.05, 3.63) is 41.8 Å². The van der Waals surface area contributed by atoms with Gasteiger partial charge in [-0.25, -0.2) is 4.39 Å². The highest BCUT2D eigenvalue weighted by Crippen LogP contribution is 2.31. The van der Waals surface area contributed by atoms with E-state index in [4.69, 9.17) is 4.52 Å². The Labute approximate surface area is 133 Å². The minimum Gasteiger partial charge on any atom is -0.343 e. The van der Waals surface area contributed by atoms with Gasteiger partial charge in [0.1, 0.15) is 5.82 Å². The van der Waals surface area contributed by atoms with Gasteiger partial charge >= 0.3 is 0 Å². The second kappa shape index (κ2) is 6.45. The molecule has 0 fully saturated rings. The molecule has 0 N–H and O–H groups in total. The van der Waals surface area contributed by atoms with Gasteiger partial charge in [0.25, 0.3) is 0 Å². The van der Waals surface area contributed by atoms with E-state index in [0.29, 0.717) is 12.4 Å². The zero-order valence-electron chi connectivity index (χ0n) is 13.2. The average Bonchev–Trinajstić information content (AvgIpc) is 2.99. The van der Waals surface area contributed by atoms with Gasteiger partial charge in [-0.15, -0.1) is 0 Å². The van der Waals surface area contributed by atoms with Crippen LogP contribution in [0.3, 0.4) is 0 Å². The summed E-state index contributed by atoms with van der Waals surface area (Å²) in [6, 6.07) is 4.71. The van der Waals surface area contributed by atoms with Gasteiger partial charge in [-0.05, 0) is 50.6 Å². The maximum atomic E-state index is 13.4. The molecule has 0 saturated heterocycles. The SMILES string of the molecule is C[C@H]1CCc2cc(F)ccc2N1C(=O)CN(C)Cc1ncon1. The predicted octanol–water partition coefficient (Wildman–Crippen LogP) is 2.01. The Balaban J connectivity index is 1.74. The Morgan fingerprint density at radius 1 is 1.52 bits per heavy atom. The number of benzene rings is 1. The van der Waals surface area contributed by atoms with Crippen molar-refractivity contribution in [3.8, 4) is 0 Å². The van der Waals surface area contributed by atoms with Crippen LogP contribution >= 0.6 is 0 Å². The van der Waals surface area contributed by atoms with Gasteiger partial charge in [-0.2, -0.15) is 4.98 Å². The number of likely N-dealkylation sites (N-methyl/N-ethyl adjacent to an activating group) is 1. The van der Waals surface area contributed by atoms with Gasteiger partial charge in [-0.3, -0.25) is 9.69 Å². The standard InChI is InChI=1S/C16H19FN4O2/c1-11-3-4-12-7-13(17)5-6-14(12)21(11)16(22)9-20(2)8-15-18-10-23-19-15/h5-7,10-11H,3-4,8-9H2,1-2H3/t11-/m0/s1. The van der Waals surface area contributed by atoms with Crippen LogP contribution in [0.5, 0.6) is 0 Å². The molecule has 2 aromatic rings. The Hall–Kier alpha value is -2.28. The molecule has 122 valence electrons. The van der Waals surface area contributed by atoms with Gasteiger partial charge in [0.15, 0.2) is 5.82 Å². The summed E-state index contributed by atoms with van der Waals surface area (Å²) in [4.78, 5) is 20.3. The molecule has 23 heavy (non-hydrogen) atoms. The molecule has 3 rings (SSSR count).